The zero-order valence-electron chi connectivity index (χ0n) is 19.3. The Morgan fingerprint density at radius 1 is 1.03 bits per heavy atom. The van der Waals surface area contributed by atoms with Gasteiger partial charge in [-0.1, -0.05) is 75.6 Å². The minimum atomic E-state index is -0.939. The monoisotopic (exact) mass is 445 g/mol. The minimum Gasteiger partial charge on any atom is -0.478 e. The van der Waals surface area contributed by atoms with Gasteiger partial charge in [0.25, 0.3) is 0 Å². The highest BCUT2D eigenvalue weighted by Crippen LogP contribution is 2.27. The van der Waals surface area contributed by atoms with Crippen LogP contribution in [0.5, 0.6) is 0 Å². The number of carbonyl (C=O) groups excluding carboxylic acids is 1. The van der Waals surface area contributed by atoms with Gasteiger partial charge in [0.05, 0.1) is 12.1 Å². The number of nitrogens with zero attached hydrogens (tertiary/aromatic N) is 3. The van der Waals surface area contributed by atoms with Crippen LogP contribution >= 0.6 is 0 Å². The number of carboxylic acids is 1. The van der Waals surface area contributed by atoms with E-state index < -0.39 is 5.97 Å². The van der Waals surface area contributed by atoms with Crippen LogP contribution in [0.2, 0.25) is 0 Å². The van der Waals surface area contributed by atoms with Crippen LogP contribution in [0.25, 0.3) is 11.1 Å². The zero-order chi connectivity index (χ0) is 23.4. The van der Waals surface area contributed by atoms with E-state index in [0.717, 1.165) is 49.1 Å². The molecule has 6 nitrogen and oxygen atoms in total. The summed E-state index contributed by atoms with van der Waals surface area (Å²) in [6.07, 6.45) is 6.05. The van der Waals surface area contributed by atoms with E-state index in [-0.39, 0.29) is 17.3 Å². The van der Waals surface area contributed by atoms with Crippen molar-refractivity contribution in [1.82, 2.24) is 14.8 Å². The second-order valence-corrected chi connectivity index (χ2v) is 9.35. The first-order valence-corrected chi connectivity index (χ1v) is 11.8. The summed E-state index contributed by atoms with van der Waals surface area (Å²) in [5, 5.41) is 14.1. The van der Waals surface area contributed by atoms with Crippen LogP contribution in [0.3, 0.4) is 0 Å². The van der Waals surface area contributed by atoms with Crippen molar-refractivity contribution in [2.45, 2.75) is 58.9 Å². The van der Waals surface area contributed by atoms with E-state index in [0.29, 0.717) is 23.9 Å². The standard InChI is InChI=1S/C27H31N3O3/c1-18(2)16-24-28-26(25(31)21-8-4-3-5-9-21)29-30(24)17-19-12-14-20(15-13-19)22-10-6-7-11-23(22)27(32)33/h6-7,10-15,18,21H,3-5,8-9,16-17H2,1-2H3,(H,32,33). The fraction of sp³-hybridized carbons (Fsp3) is 0.407. The van der Waals surface area contributed by atoms with Crippen molar-refractivity contribution in [2.75, 3.05) is 0 Å². The van der Waals surface area contributed by atoms with Crippen molar-refractivity contribution in [1.29, 1.82) is 0 Å². The zero-order valence-corrected chi connectivity index (χ0v) is 19.3. The molecular formula is C27H31N3O3. The second-order valence-electron chi connectivity index (χ2n) is 9.35. The molecule has 172 valence electrons. The van der Waals surface area contributed by atoms with Gasteiger partial charge in [0.15, 0.2) is 0 Å². The molecule has 1 aliphatic rings. The lowest BCUT2D eigenvalue weighted by Gasteiger charge is -2.18. The van der Waals surface area contributed by atoms with Gasteiger partial charge in [0, 0.05) is 12.3 Å². The molecule has 0 atom stereocenters. The lowest BCUT2D eigenvalue weighted by Crippen LogP contribution is -2.19. The van der Waals surface area contributed by atoms with Crippen molar-refractivity contribution < 1.29 is 14.7 Å². The third-order valence-corrected chi connectivity index (χ3v) is 6.29. The van der Waals surface area contributed by atoms with Crippen molar-refractivity contribution in [3.05, 3.63) is 71.3 Å². The van der Waals surface area contributed by atoms with Gasteiger partial charge in [0.2, 0.25) is 11.6 Å². The molecule has 0 spiro atoms. The number of benzene rings is 2. The minimum absolute atomic E-state index is 0.0510. The highest BCUT2D eigenvalue weighted by molar-refractivity contribution is 5.96. The smallest absolute Gasteiger partial charge is 0.336 e. The van der Waals surface area contributed by atoms with E-state index in [1.165, 1.54) is 6.42 Å². The summed E-state index contributed by atoms with van der Waals surface area (Å²) in [5.74, 6) is 0.787. The normalized spacial score (nSPS) is 14.5. The second kappa shape index (κ2) is 10.1. The van der Waals surface area contributed by atoms with Crippen LogP contribution in [0.1, 0.15) is 78.3 Å². The Hall–Kier alpha value is -3.28. The van der Waals surface area contributed by atoms with Crippen LogP contribution in [0.15, 0.2) is 48.5 Å². The maximum Gasteiger partial charge on any atom is 0.336 e. The molecule has 2 aromatic carbocycles. The number of aromatic carboxylic acids is 1. The lowest BCUT2D eigenvalue weighted by atomic mass is 9.86. The Kier molecular flexibility index (Phi) is 7.02. The molecule has 1 aliphatic carbocycles. The maximum atomic E-state index is 13.0. The van der Waals surface area contributed by atoms with Crippen molar-refractivity contribution in [3.8, 4) is 11.1 Å². The molecule has 33 heavy (non-hydrogen) atoms. The number of Topliss-reactive ketones (excluding diaryl/α,β-unsaturated/α-hetero) is 1. The van der Waals surface area contributed by atoms with Gasteiger partial charge in [-0.25, -0.2) is 14.5 Å². The fourth-order valence-electron chi connectivity index (χ4n) is 4.55. The molecule has 1 N–H and O–H groups in total. The van der Waals surface area contributed by atoms with E-state index >= 15 is 0 Å². The van der Waals surface area contributed by atoms with E-state index in [2.05, 4.69) is 23.9 Å². The molecule has 1 heterocycles. The predicted octanol–water partition coefficient (Wildman–Crippen LogP) is 5.65. The number of aromatic nitrogens is 3. The average molecular weight is 446 g/mol. The summed E-state index contributed by atoms with van der Waals surface area (Å²) in [5.41, 5.74) is 2.86. The van der Waals surface area contributed by atoms with Crippen LogP contribution in [0, 0.1) is 11.8 Å². The molecule has 0 saturated heterocycles. The molecule has 6 heteroatoms. The van der Waals surface area contributed by atoms with Gasteiger partial charge in [-0.15, -0.1) is 5.10 Å². The lowest BCUT2D eigenvalue weighted by molar-refractivity contribution is 0.0697. The van der Waals surface area contributed by atoms with Crippen LogP contribution < -0.4 is 0 Å². The van der Waals surface area contributed by atoms with E-state index in [1.807, 2.05) is 41.1 Å². The molecule has 3 aromatic rings. The molecule has 0 amide bonds. The fourth-order valence-corrected chi connectivity index (χ4v) is 4.55. The summed E-state index contributed by atoms with van der Waals surface area (Å²) in [6.45, 7) is 4.79. The Bertz CT molecular complexity index is 1130. The number of hydrogen-bond donors (Lipinski definition) is 1. The Balaban J connectivity index is 1.57. The number of carboxylic acid groups (broad SMARTS) is 1. The summed E-state index contributed by atoms with van der Waals surface area (Å²) < 4.78 is 1.86. The number of ketones is 1. The number of hydrogen-bond acceptors (Lipinski definition) is 4. The van der Waals surface area contributed by atoms with Crippen LogP contribution in [-0.2, 0) is 13.0 Å². The highest BCUT2D eigenvalue weighted by Gasteiger charge is 2.26. The number of carbonyl (C=O) groups is 2. The molecular weight excluding hydrogens is 414 g/mol. The van der Waals surface area contributed by atoms with E-state index in [9.17, 15) is 14.7 Å². The number of rotatable bonds is 8. The molecule has 0 bridgehead atoms. The third kappa shape index (κ3) is 5.38. The highest BCUT2D eigenvalue weighted by atomic mass is 16.4. The van der Waals surface area contributed by atoms with Gasteiger partial charge in [0.1, 0.15) is 5.82 Å². The summed E-state index contributed by atoms with van der Waals surface area (Å²) in [4.78, 5) is 29.2. The molecule has 4 rings (SSSR count). The quantitative estimate of drug-likeness (QED) is 0.453. The van der Waals surface area contributed by atoms with Gasteiger partial charge < -0.3 is 5.11 Å². The first-order chi connectivity index (χ1) is 15.9. The summed E-state index contributed by atoms with van der Waals surface area (Å²) in [7, 11) is 0. The van der Waals surface area contributed by atoms with Crippen molar-refractivity contribution in [2.24, 2.45) is 11.8 Å². The topological polar surface area (TPSA) is 85.1 Å². The Labute approximate surface area is 194 Å². The van der Waals surface area contributed by atoms with E-state index in [4.69, 9.17) is 0 Å². The maximum absolute atomic E-state index is 13.0. The molecule has 0 unspecified atom stereocenters. The Morgan fingerprint density at radius 2 is 1.73 bits per heavy atom. The van der Waals surface area contributed by atoms with Gasteiger partial charge in [-0.05, 0) is 41.5 Å². The largest absolute Gasteiger partial charge is 0.478 e. The molecule has 1 aromatic heterocycles. The molecule has 0 radical (unpaired) electrons. The molecule has 1 fully saturated rings. The van der Waals surface area contributed by atoms with Gasteiger partial charge >= 0.3 is 5.97 Å². The van der Waals surface area contributed by atoms with Crippen molar-refractivity contribution >= 4 is 11.8 Å². The average Bonchev–Trinajstić information content (AvgIpc) is 3.21. The first kappa shape index (κ1) is 22.9. The summed E-state index contributed by atoms with van der Waals surface area (Å²) in [6, 6.07) is 14.8. The Morgan fingerprint density at radius 3 is 2.39 bits per heavy atom. The van der Waals surface area contributed by atoms with Crippen LogP contribution in [0.4, 0.5) is 0 Å². The van der Waals surface area contributed by atoms with E-state index in [1.54, 1.807) is 12.1 Å². The van der Waals surface area contributed by atoms with Gasteiger partial charge in [-0.2, -0.15) is 0 Å². The predicted molar refractivity (Wildman–Crippen MR) is 127 cm³/mol. The van der Waals surface area contributed by atoms with Crippen LogP contribution in [-0.4, -0.2) is 31.6 Å². The summed E-state index contributed by atoms with van der Waals surface area (Å²) >= 11 is 0. The molecule has 1 saturated carbocycles. The third-order valence-electron chi connectivity index (χ3n) is 6.29. The van der Waals surface area contributed by atoms with Crippen molar-refractivity contribution in [3.63, 3.8) is 0 Å². The van der Waals surface area contributed by atoms with Gasteiger partial charge in [-0.3, -0.25) is 4.79 Å². The first-order valence-electron chi connectivity index (χ1n) is 11.8. The SMILES string of the molecule is CC(C)Cc1nc(C(=O)C2CCCCC2)nn1Cc1ccc(-c2ccccc2C(=O)O)cc1. The molecule has 0 aliphatic heterocycles.